The SMILES string of the molecule is CC(C)[C@H]1CN(C(=O)Cn2ncnn2)C[C@@H]1N. The van der Waals surface area contributed by atoms with Crippen LogP contribution >= 0.6 is 0 Å². The molecule has 0 saturated carbocycles. The Morgan fingerprint density at radius 1 is 1.53 bits per heavy atom. The van der Waals surface area contributed by atoms with Gasteiger partial charge < -0.3 is 10.6 Å². The summed E-state index contributed by atoms with van der Waals surface area (Å²) in [6.07, 6.45) is 1.32. The predicted octanol–water partition coefficient (Wildman–Crippen LogP) is -0.885. The van der Waals surface area contributed by atoms with Crippen LogP contribution in [0.3, 0.4) is 0 Å². The van der Waals surface area contributed by atoms with Gasteiger partial charge in [0.15, 0.2) is 6.33 Å². The summed E-state index contributed by atoms with van der Waals surface area (Å²) >= 11 is 0. The smallest absolute Gasteiger partial charge is 0.246 e. The standard InChI is InChI=1S/C10H18N6O/c1-7(2)8-3-15(4-9(8)11)10(17)5-16-13-6-12-14-16/h6-9H,3-5,11H2,1-2H3/t8-,9+/m1/s1. The molecule has 2 N–H and O–H groups in total. The molecule has 0 aromatic carbocycles. The van der Waals surface area contributed by atoms with Crippen LogP contribution in [-0.2, 0) is 11.3 Å². The van der Waals surface area contributed by atoms with Crippen LogP contribution in [-0.4, -0.2) is 50.1 Å². The van der Waals surface area contributed by atoms with E-state index in [0.717, 1.165) is 6.54 Å². The summed E-state index contributed by atoms with van der Waals surface area (Å²) in [5.41, 5.74) is 6.04. The van der Waals surface area contributed by atoms with Gasteiger partial charge in [0.05, 0.1) is 0 Å². The van der Waals surface area contributed by atoms with Crippen molar-refractivity contribution in [3.63, 3.8) is 0 Å². The van der Waals surface area contributed by atoms with Gasteiger partial charge in [-0.05, 0) is 17.0 Å². The number of aromatic nitrogens is 4. The minimum absolute atomic E-state index is 0.00148. The molecule has 2 heterocycles. The maximum absolute atomic E-state index is 12.0. The Kier molecular flexibility index (Phi) is 3.37. The highest BCUT2D eigenvalue weighted by atomic mass is 16.2. The van der Waals surface area contributed by atoms with Crippen LogP contribution in [0, 0.1) is 11.8 Å². The summed E-state index contributed by atoms with van der Waals surface area (Å²) in [6, 6.07) is 0.0719. The van der Waals surface area contributed by atoms with Gasteiger partial charge in [-0.25, -0.2) is 0 Å². The van der Waals surface area contributed by atoms with E-state index in [0.29, 0.717) is 18.4 Å². The number of hydrogen-bond donors (Lipinski definition) is 1. The molecule has 2 atom stereocenters. The van der Waals surface area contributed by atoms with E-state index in [4.69, 9.17) is 5.73 Å². The van der Waals surface area contributed by atoms with Gasteiger partial charge >= 0.3 is 0 Å². The van der Waals surface area contributed by atoms with Gasteiger partial charge in [0.1, 0.15) is 6.54 Å². The highest BCUT2D eigenvalue weighted by Crippen LogP contribution is 2.22. The van der Waals surface area contributed by atoms with Crippen molar-refractivity contribution in [3.8, 4) is 0 Å². The lowest BCUT2D eigenvalue weighted by Crippen LogP contribution is -2.35. The summed E-state index contributed by atoms with van der Waals surface area (Å²) in [4.78, 5) is 15.0. The van der Waals surface area contributed by atoms with E-state index in [1.54, 1.807) is 4.90 Å². The lowest BCUT2D eigenvalue weighted by atomic mass is 9.92. The molecular weight excluding hydrogens is 220 g/mol. The molecule has 0 radical (unpaired) electrons. The summed E-state index contributed by atoms with van der Waals surface area (Å²) in [5.74, 6) is 0.872. The maximum Gasteiger partial charge on any atom is 0.246 e. The first-order valence-electron chi connectivity index (χ1n) is 5.82. The van der Waals surface area contributed by atoms with Crippen molar-refractivity contribution < 1.29 is 4.79 Å². The number of amides is 1. The number of rotatable bonds is 3. The molecule has 1 aromatic rings. The largest absolute Gasteiger partial charge is 0.339 e. The first kappa shape index (κ1) is 12.0. The molecule has 2 rings (SSSR count). The number of nitrogens with zero attached hydrogens (tertiary/aromatic N) is 5. The lowest BCUT2D eigenvalue weighted by Gasteiger charge is -2.18. The van der Waals surface area contributed by atoms with Gasteiger partial charge in [-0.2, -0.15) is 4.80 Å². The summed E-state index contributed by atoms with van der Waals surface area (Å²) in [7, 11) is 0. The summed E-state index contributed by atoms with van der Waals surface area (Å²) in [6.45, 7) is 5.76. The molecule has 7 heteroatoms. The van der Waals surface area contributed by atoms with E-state index in [2.05, 4.69) is 29.3 Å². The third-order valence-corrected chi connectivity index (χ3v) is 3.29. The highest BCUT2D eigenvalue weighted by molar-refractivity contribution is 5.76. The predicted molar refractivity (Wildman–Crippen MR) is 60.7 cm³/mol. The molecule has 7 nitrogen and oxygen atoms in total. The third-order valence-electron chi connectivity index (χ3n) is 3.29. The average Bonchev–Trinajstić information content (AvgIpc) is 2.86. The molecule has 0 spiro atoms. The van der Waals surface area contributed by atoms with Gasteiger partial charge in [0.2, 0.25) is 5.91 Å². The van der Waals surface area contributed by atoms with E-state index in [1.807, 2.05) is 0 Å². The molecule has 1 aromatic heterocycles. The van der Waals surface area contributed by atoms with Crippen molar-refractivity contribution in [1.29, 1.82) is 0 Å². The van der Waals surface area contributed by atoms with Crippen LogP contribution in [0.15, 0.2) is 6.33 Å². The molecule has 0 aliphatic carbocycles. The van der Waals surface area contributed by atoms with Gasteiger partial charge in [-0.3, -0.25) is 4.79 Å². The molecule has 1 aliphatic rings. The van der Waals surface area contributed by atoms with E-state index in [1.165, 1.54) is 11.1 Å². The lowest BCUT2D eigenvalue weighted by molar-refractivity contribution is -0.131. The van der Waals surface area contributed by atoms with Crippen molar-refractivity contribution in [2.24, 2.45) is 17.6 Å². The fourth-order valence-corrected chi connectivity index (χ4v) is 2.25. The van der Waals surface area contributed by atoms with E-state index < -0.39 is 0 Å². The number of carbonyl (C=O) groups is 1. The molecule has 17 heavy (non-hydrogen) atoms. The van der Waals surface area contributed by atoms with E-state index >= 15 is 0 Å². The quantitative estimate of drug-likeness (QED) is 0.738. The number of nitrogens with two attached hydrogens (primary N) is 1. The van der Waals surface area contributed by atoms with Gasteiger partial charge in [-0.1, -0.05) is 13.8 Å². The van der Waals surface area contributed by atoms with Crippen LogP contribution in [0.4, 0.5) is 0 Å². The second kappa shape index (κ2) is 4.79. The van der Waals surface area contributed by atoms with Crippen molar-refractivity contribution in [2.75, 3.05) is 13.1 Å². The van der Waals surface area contributed by atoms with Crippen LogP contribution < -0.4 is 5.73 Å². The normalized spacial score (nSPS) is 24.6. The second-order valence-corrected chi connectivity index (χ2v) is 4.84. The van der Waals surface area contributed by atoms with E-state index in [-0.39, 0.29) is 18.5 Å². The molecule has 1 aliphatic heterocycles. The minimum atomic E-state index is 0.00148. The maximum atomic E-state index is 12.0. The average molecular weight is 238 g/mol. The zero-order valence-electron chi connectivity index (χ0n) is 10.2. The number of hydrogen-bond acceptors (Lipinski definition) is 5. The Hall–Kier alpha value is -1.50. The van der Waals surface area contributed by atoms with Gasteiger partial charge in [0.25, 0.3) is 0 Å². The van der Waals surface area contributed by atoms with Crippen molar-refractivity contribution >= 4 is 5.91 Å². The van der Waals surface area contributed by atoms with Crippen LogP contribution in [0.25, 0.3) is 0 Å². The Bertz CT molecular complexity index is 376. The zero-order chi connectivity index (χ0) is 12.4. The summed E-state index contributed by atoms with van der Waals surface area (Å²) in [5, 5.41) is 11.1. The Morgan fingerprint density at radius 3 is 2.82 bits per heavy atom. The fraction of sp³-hybridized carbons (Fsp3) is 0.800. The third kappa shape index (κ3) is 2.60. The molecule has 94 valence electrons. The number of likely N-dealkylation sites (tertiary alicyclic amines) is 1. The summed E-state index contributed by atoms with van der Waals surface area (Å²) < 4.78 is 0. The zero-order valence-corrected chi connectivity index (χ0v) is 10.2. The molecular formula is C10H18N6O. The Morgan fingerprint density at radius 2 is 2.29 bits per heavy atom. The Balaban J connectivity index is 1.93. The first-order chi connectivity index (χ1) is 8.08. The topological polar surface area (TPSA) is 89.9 Å². The Labute approximate surface area is 100.0 Å². The number of carbonyl (C=O) groups excluding carboxylic acids is 1. The van der Waals surface area contributed by atoms with Crippen molar-refractivity contribution in [3.05, 3.63) is 6.33 Å². The van der Waals surface area contributed by atoms with E-state index in [9.17, 15) is 4.79 Å². The molecule has 1 fully saturated rings. The second-order valence-electron chi connectivity index (χ2n) is 4.84. The van der Waals surface area contributed by atoms with Crippen LogP contribution in [0.1, 0.15) is 13.8 Å². The number of tetrazole rings is 1. The fourth-order valence-electron chi connectivity index (χ4n) is 2.25. The van der Waals surface area contributed by atoms with Gasteiger partial charge in [-0.15, -0.1) is 10.2 Å². The minimum Gasteiger partial charge on any atom is -0.339 e. The monoisotopic (exact) mass is 238 g/mol. The van der Waals surface area contributed by atoms with Gasteiger partial charge in [0, 0.05) is 19.1 Å². The van der Waals surface area contributed by atoms with Crippen molar-refractivity contribution in [2.45, 2.75) is 26.4 Å². The molecule has 0 bridgehead atoms. The molecule has 1 saturated heterocycles. The first-order valence-corrected chi connectivity index (χ1v) is 5.82. The van der Waals surface area contributed by atoms with Crippen LogP contribution in [0.5, 0.6) is 0 Å². The van der Waals surface area contributed by atoms with Crippen molar-refractivity contribution in [1.82, 2.24) is 25.1 Å². The molecule has 1 amide bonds. The highest BCUT2D eigenvalue weighted by Gasteiger charge is 2.34. The van der Waals surface area contributed by atoms with Crippen LogP contribution in [0.2, 0.25) is 0 Å². The molecule has 0 unspecified atom stereocenters.